The van der Waals surface area contributed by atoms with Gasteiger partial charge in [0.25, 0.3) is 0 Å². The van der Waals surface area contributed by atoms with E-state index in [-0.39, 0.29) is 28.8 Å². The molecule has 3 fully saturated rings. The van der Waals surface area contributed by atoms with Gasteiger partial charge in [0.2, 0.25) is 17.8 Å². The minimum atomic E-state index is -0.855. The molecule has 2 aliphatic heterocycles. The number of anilines is 2. The first-order valence-electron chi connectivity index (χ1n) is 14.6. The Bertz CT molecular complexity index is 1330. The number of aromatic nitrogens is 2. The molecule has 13 heteroatoms. The van der Waals surface area contributed by atoms with Crippen molar-refractivity contribution in [2.45, 2.75) is 51.8 Å². The predicted molar refractivity (Wildman–Crippen MR) is 161 cm³/mol. The van der Waals surface area contributed by atoms with Crippen LogP contribution >= 0.6 is 11.8 Å². The summed E-state index contributed by atoms with van der Waals surface area (Å²) in [4.78, 5) is 53.1. The minimum Gasteiger partial charge on any atom is -0.493 e. The van der Waals surface area contributed by atoms with E-state index in [9.17, 15) is 19.5 Å². The van der Waals surface area contributed by atoms with Gasteiger partial charge in [0, 0.05) is 68.7 Å². The van der Waals surface area contributed by atoms with Crippen LogP contribution in [0.15, 0.2) is 12.1 Å². The van der Waals surface area contributed by atoms with Gasteiger partial charge in [0.15, 0.2) is 16.6 Å². The highest BCUT2D eigenvalue weighted by Gasteiger charge is 2.38. The van der Waals surface area contributed by atoms with E-state index in [4.69, 9.17) is 19.4 Å². The Morgan fingerprint density at radius 1 is 1.05 bits per heavy atom. The summed E-state index contributed by atoms with van der Waals surface area (Å²) in [5.41, 5.74) is 0.586. The summed E-state index contributed by atoms with van der Waals surface area (Å²) >= 11 is 1.18. The van der Waals surface area contributed by atoms with Crippen LogP contribution in [0.25, 0.3) is 10.9 Å². The van der Waals surface area contributed by atoms with Gasteiger partial charge in [0.05, 0.1) is 25.8 Å². The van der Waals surface area contributed by atoms with Gasteiger partial charge in [-0.1, -0.05) is 18.7 Å². The Morgan fingerprint density at radius 2 is 1.74 bits per heavy atom. The summed E-state index contributed by atoms with van der Waals surface area (Å²) in [6.07, 6.45) is 2.47. The van der Waals surface area contributed by atoms with Crippen LogP contribution in [0.5, 0.6) is 11.5 Å². The molecule has 5 rings (SSSR count). The molecule has 42 heavy (non-hydrogen) atoms. The number of aliphatic hydroxyl groups is 1. The van der Waals surface area contributed by atoms with Crippen molar-refractivity contribution in [3.05, 3.63) is 12.1 Å². The van der Waals surface area contributed by atoms with E-state index >= 15 is 0 Å². The Hall–Kier alpha value is -3.16. The third-order valence-electron chi connectivity index (χ3n) is 8.23. The summed E-state index contributed by atoms with van der Waals surface area (Å²) < 4.78 is 11.0. The van der Waals surface area contributed by atoms with Gasteiger partial charge in [-0.2, -0.15) is 4.98 Å². The lowest BCUT2D eigenvalue weighted by Crippen LogP contribution is -2.50. The van der Waals surface area contributed by atoms with Crippen LogP contribution in [-0.2, 0) is 14.4 Å². The standard InChI is InChI=1S/C29H40N6O6S/c1-17(16-42-18(2)36)27(38)35-9-5-6-22(35)26(37)31-25-20-14-23(40-3)24(41-4)15-21(20)30-29(32-25)34-12-10-33(11-13-34)28(39)19-7-8-19/h14-15,17,19,22,27,38H,5-13,16H2,1-4H3,(H,30,31,32,37)/t17?,22-,27?/m1/s1. The zero-order valence-corrected chi connectivity index (χ0v) is 25.5. The molecule has 0 bridgehead atoms. The number of hydrogen-bond acceptors (Lipinski definition) is 11. The number of ether oxygens (including phenoxy) is 2. The van der Waals surface area contributed by atoms with Crippen molar-refractivity contribution in [3.63, 3.8) is 0 Å². The van der Waals surface area contributed by atoms with Crippen LogP contribution in [0.4, 0.5) is 11.8 Å². The van der Waals surface area contributed by atoms with Crippen LogP contribution < -0.4 is 19.7 Å². The first-order valence-corrected chi connectivity index (χ1v) is 15.5. The van der Waals surface area contributed by atoms with Crippen LogP contribution in [-0.4, -0.2) is 107 Å². The Morgan fingerprint density at radius 3 is 2.38 bits per heavy atom. The first kappa shape index (κ1) is 30.3. The summed E-state index contributed by atoms with van der Waals surface area (Å²) in [6.45, 7) is 6.34. The maximum atomic E-state index is 13.7. The van der Waals surface area contributed by atoms with E-state index < -0.39 is 12.3 Å². The normalized spacial score (nSPS) is 20.8. The number of carbonyl (C=O) groups excluding carboxylic acids is 3. The number of likely N-dealkylation sites (tertiary alicyclic amines) is 1. The van der Waals surface area contributed by atoms with Crippen LogP contribution in [0.1, 0.15) is 39.5 Å². The minimum absolute atomic E-state index is 0.000746. The summed E-state index contributed by atoms with van der Waals surface area (Å²) in [5, 5.41) is 14.7. The van der Waals surface area contributed by atoms with E-state index in [2.05, 4.69) is 5.32 Å². The molecule has 12 nitrogen and oxygen atoms in total. The molecule has 2 unspecified atom stereocenters. The largest absolute Gasteiger partial charge is 0.493 e. The van der Waals surface area contributed by atoms with Crippen molar-refractivity contribution in [1.29, 1.82) is 0 Å². The van der Waals surface area contributed by atoms with E-state index in [1.807, 2.05) is 21.6 Å². The summed E-state index contributed by atoms with van der Waals surface area (Å²) in [7, 11) is 3.10. The van der Waals surface area contributed by atoms with E-state index in [1.165, 1.54) is 18.7 Å². The zero-order chi connectivity index (χ0) is 30.0. The third-order valence-corrected chi connectivity index (χ3v) is 9.33. The Labute approximate surface area is 250 Å². The van der Waals surface area contributed by atoms with E-state index in [0.29, 0.717) is 79.1 Å². The highest BCUT2D eigenvalue weighted by molar-refractivity contribution is 8.13. The van der Waals surface area contributed by atoms with Crippen molar-refractivity contribution in [1.82, 2.24) is 19.8 Å². The van der Waals surface area contributed by atoms with Gasteiger partial charge >= 0.3 is 0 Å². The number of aliphatic hydroxyl groups excluding tert-OH is 1. The zero-order valence-electron chi connectivity index (χ0n) is 24.7. The lowest BCUT2D eigenvalue weighted by atomic mass is 10.1. The molecule has 3 atom stereocenters. The number of methoxy groups -OCH3 is 2. The number of rotatable bonds is 10. The third kappa shape index (κ3) is 6.57. The second kappa shape index (κ2) is 13.0. The number of piperazine rings is 1. The number of benzene rings is 1. The van der Waals surface area contributed by atoms with Crippen molar-refractivity contribution in [2.75, 3.05) is 62.9 Å². The fourth-order valence-corrected chi connectivity index (χ4v) is 6.31. The Kier molecular flexibility index (Phi) is 9.38. The van der Waals surface area contributed by atoms with Crippen LogP contribution in [0, 0.1) is 11.8 Å². The monoisotopic (exact) mass is 600 g/mol. The number of hydrogen-bond donors (Lipinski definition) is 2. The summed E-state index contributed by atoms with van der Waals surface area (Å²) in [5.74, 6) is 2.23. The summed E-state index contributed by atoms with van der Waals surface area (Å²) in [6, 6.07) is 2.97. The number of nitrogens with one attached hydrogen (secondary N) is 1. The molecule has 1 aromatic heterocycles. The fourth-order valence-electron chi connectivity index (χ4n) is 5.64. The average molecular weight is 601 g/mol. The topological polar surface area (TPSA) is 137 Å². The molecule has 2 saturated heterocycles. The van der Waals surface area contributed by atoms with Gasteiger partial charge in [-0.15, -0.1) is 0 Å². The van der Waals surface area contributed by atoms with Gasteiger partial charge in [-0.25, -0.2) is 4.98 Å². The average Bonchev–Trinajstić information content (AvgIpc) is 3.73. The van der Waals surface area contributed by atoms with Gasteiger partial charge in [-0.05, 0) is 31.7 Å². The first-order chi connectivity index (χ1) is 20.2. The molecular weight excluding hydrogens is 560 g/mol. The number of carbonyl (C=O) groups is 3. The molecule has 2 N–H and O–H groups in total. The molecule has 1 saturated carbocycles. The molecule has 0 radical (unpaired) electrons. The lowest BCUT2D eigenvalue weighted by Gasteiger charge is -2.35. The maximum absolute atomic E-state index is 13.7. The molecular formula is C29H40N6O6S. The smallest absolute Gasteiger partial charge is 0.242 e. The number of thioether (sulfide) groups is 1. The molecule has 1 aromatic carbocycles. The fraction of sp³-hybridized carbons (Fsp3) is 0.621. The quantitative estimate of drug-likeness (QED) is 0.416. The second-order valence-electron chi connectivity index (χ2n) is 11.3. The highest BCUT2D eigenvalue weighted by Crippen LogP contribution is 2.36. The SMILES string of the molecule is COc1cc2nc(N3CCN(C(=O)C4CC4)CC3)nc(NC(=O)[C@H]3CCCN3C(O)C(C)CSC(C)=O)c2cc1OC. The van der Waals surface area contributed by atoms with Gasteiger partial charge in [-0.3, -0.25) is 19.3 Å². The molecule has 0 spiro atoms. The van der Waals surface area contributed by atoms with Crippen molar-refractivity contribution < 1.29 is 29.0 Å². The van der Waals surface area contributed by atoms with E-state index in [0.717, 1.165) is 19.3 Å². The number of fused-ring (bicyclic) bond motifs is 1. The predicted octanol–water partition coefficient (Wildman–Crippen LogP) is 2.34. The van der Waals surface area contributed by atoms with Gasteiger partial charge < -0.3 is 29.7 Å². The van der Waals surface area contributed by atoms with Crippen molar-refractivity contribution in [2.24, 2.45) is 11.8 Å². The molecule has 1 aliphatic carbocycles. The molecule has 2 amide bonds. The lowest BCUT2D eigenvalue weighted by molar-refractivity contribution is -0.132. The Balaban J connectivity index is 1.39. The highest BCUT2D eigenvalue weighted by atomic mass is 32.2. The maximum Gasteiger partial charge on any atom is 0.242 e. The molecule has 228 valence electrons. The second-order valence-corrected chi connectivity index (χ2v) is 12.5. The number of amides is 2. The van der Waals surface area contributed by atoms with Gasteiger partial charge in [0.1, 0.15) is 12.0 Å². The molecule has 2 aromatic rings. The van der Waals surface area contributed by atoms with Crippen LogP contribution in [0.2, 0.25) is 0 Å². The van der Waals surface area contributed by atoms with Crippen molar-refractivity contribution in [3.8, 4) is 11.5 Å². The van der Waals surface area contributed by atoms with Crippen molar-refractivity contribution >= 4 is 51.4 Å². The molecule has 3 aliphatic rings. The molecule has 3 heterocycles. The van der Waals surface area contributed by atoms with E-state index in [1.54, 1.807) is 26.4 Å². The number of nitrogens with zero attached hydrogens (tertiary/aromatic N) is 5. The van der Waals surface area contributed by atoms with Crippen LogP contribution in [0.3, 0.4) is 0 Å².